The summed E-state index contributed by atoms with van der Waals surface area (Å²) in [5.41, 5.74) is 2.39. The van der Waals surface area contributed by atoms with Crippen molar-refractivity contribution in [1.29, 1.82) is 0 Å². The number of halogens is 1. The fourth-order valence-electron chi connectivity index (χ4n) is 3.59. The fourth-order valence-corrected chi connectivity index (χ4v) is 3.59. The van der Waals surface area contributed by atoms with E-state index in [4.69, 9.17) is 9.47 Å². The summed E-state index contributed by atoms with van der Waals surface area (Å²) in [5, 5.41) is 2.87. The normalized spacial score (nSPS) is 17.8. The van der Waals surface area contributed by atoms with Crippen molar-refractivity contribution in [2.24, 2.45) is 0 Å². The van der Waals surface area contributed by atoms with Crippen LogP contribution in [-0.4, -0.2) is 31.6 Å². The molecule has 0 radical (unpaired) electrons. The lowest BCUT2D eigenvalue weighted by Crippen LogP contribution is -2.43. The fraction of sp³-hybridized carbons (Fsp3) is 0.300. The van der Waals surface area contributed by atoms with Gasteiger partial charge in [0.1, 0.15) is 12.6 Å². The van der Waals surface area contributed by atoms with E-state index < -0.39 is 11.8 Å². The minimum atomic E-state index is -0.535. The third-order valence-corrected chi connectivity index (χ3v) is 4.94. The lowest BCUT2D eigenvalue weighted by atomic mass is 10.1. The van der Waals surface area contributed by atoms with Gasteiger partial charge in [0.05, 0.1) is 24.0 Å². The molecule has 1 saturated heterocycles. The summed E-state index contributed by atoms with van der Waals surface area (Å²) in [6.07, 6.45) is 1.81. The molecular weight excluding hydrogens is 351 g/mol. The van der Waals surface area contributed by atoms with Crippen LogP contribution in [0.3, 0.4) is 0 Å². The predicted molar refractivity (Wildman–Crippen MR) is 97.5 cm³/mol. The first kappa shape index (κ1) is 17.3. The van der Waals surface area contributed by atoms with E-state index in [9.17, 15) is 14.0 Å². The number of nitrogens with zero attached hydrogens (tertiary/aromatic N) is 1. The summed E-state index contributed by atoms with van der Waals surface area (Å²) in [6.45, 7) is 0.773. The summed E-state index contributed by atoms with van der Waals surface area (Å²) < 4.78 is 23.9. The standard InChI is InChI=1S/C20H19FN2O4/c1-26-18-7-4-12(9-14(18)21)11-27-20(25)13-5-6-16-15(10-13)22-19(24)17-3-2-8-23(16)17/h4-7,9-10,17H,2-3,8,11H2,1H3,(H,22,24)/t17-/m1/s1. The van der Waals surface area contributed by atoms with Crippen LogP contribution >= 0.6 is 0 Å². The van der Waals surface area contributed by atoms with E-state index in [1.807, 2.05) is 6.07 Å². The van der Waals surface area contributed by atoms with E-state index in [1.165, 1.54) is 19.2 Å². The van der Waals surface area contributed by atoms with Crippen molar-refractivity contribution >= 4 is 23.3 Å². The van der Waals surface area contributed by atoms with Gasteiger partial charge in [-0.25, -0.2) is 9.18 Å². The number of carbonyl (C=O) groups excluding carboxylic acids is 2. The molecule has 2 aliphatic heterocycles. The van der Waals surface area contributed by atoms with Crippen molar-refractivity contribution in [3.8, 4) is 5.75 Å². The Hall–Kier alpha value is -3.09. The zero-order chi connectivity index (χ0) is 19.0. The number of esters is 1. The van der Waals surface area contributed by atoms with Crippen molar-refractivity contribution in [1.82, 2.24) is 0 Å². The highest BCUT2D eigenvalue weighted by atomic mass is 19.1. The Bertz CT molecular complexity index is 915. The number of ether oxygens (including phenoxy) is 2. The van der Waals surface area contributed by atoms with Crippen LogP contribution in [0.15, 0.2) is 36.4 Å². The first-order valence-electron chi connectivity index (χ1n) is 8.78. The lowest BCUT2D eigenvalue weighted by molar-refractivity contribution is -0.117. The van der Waals surface area contributed by atoms with Crippen LogP contribution in [0.2, 0.25) is 0 Å². The summed E-state index contributed by atoms with van der Waals surface area (Å²) in [5.74, 6) is -0.954. The molecule has 0 aromatic heterocycles. The van der Waals surface area contributed by atoms with Crippen LogP contribution in [0.25, 0.3) is 0 Å². The van der Waals surface area contributed by atoms with Gasteiger partial charge in [-0.1, -0.05) is 6.07 Å². The number of nitrogens with one attached hydrogen (secondary N) is 1. The van der Waals surface area contributed by atoms with Gasteiger partial charge in [0, 0.05) is 6.54 Å². The molecule has 2 heterocycles. The van der Waals surface area contributed by atoms with Crippen molar-refractivity contribution in [2.45, 2.75) is 25.5 Å². The van der Waals surface area contributed by atoms with E-state index in [-0.39, 0.29) is 24.3 Å². The number of hydrogen-bond acceptors (Lipinski definition) is 5. The molecule has 2 aromatic rings. The predicted octanol–water partition coefficient (Wildman–Crippen LogP) is 3.11. The van der Waals surface area contributed by atoms with Crippen LogP contribution in [0, 0.1) is 5.82 Å². The maximum absolute atomic E-state index is 13.7. The molecule has 0 unspecified atom stereocenters. The Balaban J connectivity index is 1.48. The van der Waals surface area contributed by atoms with Gasteiger partial charge in [-0.15, -0.1) is 0 Å². The molecule has 7 heteroatoms. The molecule has 6 nitrogen and oxygen atoms in total. The van der Waals surface area contributed by atoms with Gasteiger partial charge in [-0.3, -0.25) is 4.79 Å². The molecule has 27 heavy (non-hydrogen) atoms. The lowest BCUT2D eigenvalue weighted by Gasteiger charge is -2.33. The molecule has 2 aromatic carbocycles. The minimum Gasteiger partial charge on any atom is -0.494 e. The Kier molecular flexibility index (Phi) is 4.43. The van der Waals surface area contributed by atoms with Crippen molar-refractivity contribution in [3.63, 3.8) is 0 Å². The average Bonchev–Trinajstić information content (AvgIpc) is 3.16. The Labute approximate surface area is 155 Å². The number of methoxy groups -OCH3 is 1. The second kappa shape index (κ2) is 6.90. The van der Waals surface area contributed by atoms with Gasteiger partial charge < -0.3 is 19.7 Å². The van der Waals surface area contributed by atoms with Crippen LogP contribution in [-0.2, 0) is 16.1 Å². The van der Waals surface area contributed by atoms with E-state index in [1.54, 1.807) is 18.2 Å². The zero-order valence-corrected chi connectivity index (χ0v) is 14.8. The van der Waals surface area contributed by atoms with Gasteiger partial charge >= 0.3 is 5.97 Å². The number of amides is 1. The molecule has 0 aliphatic carbocycles. The molecule has 1 N–H and O–H groups in total. The maximum Gasteiger partial charge on any atom is 0.338 e. The van der Waals surface area contributed by atoms with E-state index >= 15 is 0 Å². The number of rotatable bonds is 4. The SMILES string of the molecule is COc1ccc(COC(=O)c2ccc3c(c2)NC(=O)[C@H]2CCCN32)cc1F. The summed E-state index contributed by atoms with van der Waals surface area (Å²) in [6, 6.07) is 9.40. The zero-order valence-electron chi connectivity index (χ0n) is 14.8. The van der Waals surface area contributed by atoms with Gasteiger partial charge in [0.2, 0.25) is 5.91 Å². The van der Waals surface area contributed by atoms with E-state index in [0.29, 0.717) is 16.8 Å². The van der Waals surface area contributed by atoms with Crippen molar-refractivity contribution < 1.29 is 23.5 Å². The Morgan fingerprint density at radius 1 is 1.30 bits per heavy atom. The third-order valence-electron chi connectivity index (χ3n) is 4.94. The smallest absolute Gasteiger partial charge is 0.338 e. The molecule has 140 valence electrons. The highest BCUT2D eigenvalue weighted by molar-refractivity contribution is 6.05. The molecule has 4 rings (SSSR count). The number of hydrogen-bond donors (Lipinski definition) is 1. The summed E-state index contributed by atoms with van der Waals surface area (Å²) in [4.78, 5) is 26.6. The highest BCUT2D eigenvalue weighted by Gasteiger charge is 2.36. The Morgan fingerprint density at radius 2 is 2.15 bits per heavy atom. The number of anilines is 2. The minimum absolute atomic E-state index is 0.0424. The molecule has 0 spiro atoms. The Morgan fingerprint density at radius 3 is 2.93 bits per heavy atom. The van der Waals surface area contributed by atoms with Crippen molar-refractivity contribution in [2.75, 3.05) is 23.9 Å². The molecule has 1 amide bonds. The largest absolute Gasteiger partial charge is 0.494 e. The van der Waals surface area contributed by atoms with Crippen LogP contribution in [0.1, 0.15) is 28.8 Å². The van der Waals surface area contributed by atoms with Gasteiger partial charge in [0.25, 0.3) is 0 Å². The number of benzene rings is 2. The molecule has 0 bridgehead atoms. The second-order valence-corrected chi connectivity index (χ2v) is 6.62. The topological polar surface area (TPSA) is 67.9 Å². The summed E-state index contributed by atoms with van der Waals surface area (Å²) >= 11 is 0. The number of fused-ring (bicyclic) bond motifs is 3. The van der Waals surface area contributed by atoms with E-state index in [0.717, 1.165) is 25.1 Å². The molecule has 2 aliphatic rings. The third kappa shape index (κ3) is 3.20. The van der Waals surface area contributed by atoms with Crippen molar-refractivity contribution in [3.05, 3.63) is 53.3 Å². The maximum atomic E-state index is 13.7. The quantitative estimate of drug-likeness (QED) is 0.838. The molecular formula is C20H19FN2O4. The van der Waals surface area contributed by atoms with Crippen LogP contribution in [0.5, 0.6) is 5.75 Å². The first-order chi connectivity index (χ1) is 13.1. The first-order valence-corrected chi connectivity index (χ1v) is 8.78. The second-order valence-electron chi connectivity index (χ2n) is 6.62. The monoisotopic (exact) mass is 370 g/mol. The highest BCUT2D eigenvalue weighted by Crippen LogP contribution is 2.37. The average molecular weight is 370 g/mol. The van der Waals surface area contributed by atoms with E-state index in [2.05, 4.69) is 10.2 Å². The molecule has 0 saturated carbocycles. The van der Waals surface area contributed by atoms with Gasteiger partial charge in [-0.2, -0.15) is 0 Å². The van der Waals surface area contributed by atoms with Crippen LogP contribution in [0.4, 0.5) is 15.8 Å². The number of carbonyl (C=O) groups is 2. The van der Waals surface area contributed by atoms with Gasteiger partial charge in [-0.05, 0) is 48.7 Å². The van der Waals surface area contributed by atoms with Crippen LogP contribution < -0.4 is 15.0 Å². The summed E-state index contributed by atoms with van der Waals surface area (Å²) in [7, 11) is 1.39. The molecule has 1 fully saturated rings. The van der Waals surface area contributed by atoms with Gasteiger partial charge in [0.15, 0.2) is 11.6 Å². The molecule has 1 atom stereocenters.